The van der Waals surface area contributed by atoms with Gasteiger partial charge in [0.05, 0.1) is 13.0 Å². The molecule has 2 aromatic rings. The molecule has 0 saturated carbocycles. The molecule has 28 heavy (non-hydrogen) atoms. The summed E-state index contributed by atoms with van der Waals surface area (Å²) in [5, 5.41) is 8.39. The molecular formula is C21H25N3O3S. The minimum absolute atomic E-state index is 0.0507. The van der Waals surface area contributed by atoms with E-state index in [2.05, 4.69) is 22.9 Å². The summed E-state index contributed by atoms with van der Waals surface area (Å²) in [6, 6.07) is 14.2. The lowest BCUT2D eigenvalue weighted by Gasteiger charge is -2.11. The molecule has 6 nitrogen and oxygen atoms in total. The maximum atomic E-state index is 12.3. The molecule has 7 heteroatoms. The number of hydrogen-bond acceptors (Lipinski definition) is 4. The summed E-state index contributed by atoms with van der Waals surface area (Å²) in [5.74, 6) is 0.390. The van der Waals surface area contributed by atoms with Crippen molar-refractivity contribution in [2.75, 3.05) is 19.0 Å². The van der Waals surface area contributed by atoms with Crippen molar-refractivity contribution in [1.82, 2.24) is 10.6 Å². The van der Waals surface area contributed by atoms with Gasteiger partial charge in [0.1, 0.15) is 5.75 Å². The first kappa shape index (κ1) is 21.4. The highest BCUT2D eigenvalue weighted by atomic mass is 32.1. The van der Waals surface area contributed by atoms with Crippen LogP contribution in [0, 0.1) is 0 Å². The van der Waals surface area contributed by atoms with Crippen molar-refractivity contribution in [3.8, 4) is 5.75 Å². The van der Waals surface area contributed by atoms with Crippen LogP contribution in [0.4, 0.5) is 5.69 Å². The lowest BCUT2D eigenvalue weighted by molar-refractivity contribution is -0.119. The number of benzene rings is 2. The van der Waals surface area contributed by atoms with Crippen molar-refractivity contribution in [1.29, 1.82) is 0 Å². The van der Waals surface area contributed by atoms with Crippen LogP contribution in [-0.4, -0.2) is 30.6 Å². The Kier molecular flexibility index (Phi) is 8.42. The van der Waals surface area contributed by atoms with Crippen LogP contribution in [0.1, 0.15) is 35.7 Å². The van der Waals surface area contributed by atoms with Gasteiger partial charge in [-0.05, 0) is 60.6 Å². The van der Waals surface area contributed by atoms with Gasteiger partial charge in [0, 0.05) is 18.3 Å². The molecule has 0 aliphatic carbocycles. The van der Waals surface area contributed by atoms with E-state index in [0.29, 0.717) is 18.6 Å². The Labute approximate surface area is 170 Å². The fourth-order valence-electron chi connectivity index (χ4n) is 2.35. The second-order valence-corrected chi connectivity index (χ2v) is 6.59. The highest BCUT2D eigenvalue weighted by Gasteiger charge is 2.09. The van der Waals surface area contributed by atoms with Crippen LogP contribution >= 0.6 is 12.2 Å². The third-order valence-corrected chi connectivity index (χ3v) is 4.17. The van der Waals surface area contributed by atoms with E-state index >= 15 is 0 Å². The second kappa shape index (κ2) is 11.0. The molecule has 0 aliphatic rings. The van der Waals surface area contributed by atoms with Crippen molar-refractivity contribution in [2.45, 2.75) is 26.2 Å². The monoisotopic (exact) mass is 399 g/mol. The van der Waals surface area contributed by atoms with Crippen LogP contribution in [0.25, 0.3) is 0 Å². The molecule has 0 saturated heterocycles. The highest BCUT2D eigenvalue weighted by molar-refractivity contribution is 7.80. The summed E-state index contributed by atoms with van der Waals surface area (Å²) in [6.07, 6.45) is 2.38. The maximum absolute atomic E-state index is 12.3. The molecule has 148 valence electrons. The molecule has 0 fully saturated rings. The average Bonchev–Trinajstić information content (AvgIpc) is 2.70. The largest absolute Gasteiger partial charge is 0.494 e. The molecular weight excluding hydrogens is 374 g/mol. The molecule has 0 bridgehead atoms. The van der Waals surface area contributed by atoms with E-state index in [1.54, 1.807) is 43.4 Å². The summed E-state index contributed by atoms with van der Waals surface area (Å²) in [4.78, 5) is 23.7. The van der Waals surface area contributed by atoms with E-state index in [1.807, 2.05) is 12.1 Å². The first-order chi connectivity index (χ1) is 13.5. The first-order valence-electron chi connectivity index (χ1n) is 9.16. The van der Waals surface area contributed by atoms with Gasteiger partial charge >= 0.3 is 0 Å². The van der Waals surface area contributed by atoms with E-state index < -0.39 is 0 Å². The van der Waals surface area contributed by atoms with Gasteiger partial charge in [-0.25, -0.2) is 0 Å². The van der Waals surface area contributed by atoms with Gasteiger partial charge in [-0.15, -0.1) is 0 Å². The topological polar surface area (TPSA) is 79.5 Å². The third-order valence-electron chi connectivity index (χ3n) is 3.97. The number of nitrogens with one attached hydrogen (secondary N) is 3. The van der Waals surface area contributed by atoms with Gasteiger partial charge in [-0.1, -0.05) is 25.5 Å². The number of carbonyl (C=O) groups excluding carboxylic acids is 2. The van der Waals surface area contributed by atoms with E-state index in [9.17, 15) is 9.59 Å². The Morgan fingerprint density at radius 1 is 1.04 bits per heavy atom. The van der Waals surface area contributed by atoms with Crippen LogP contribution in [0.15, 0.2) is 48.5 Å². The molecule has 3 N–H and O–H groups in total. The Balaban J connectivity index is 1.85. The third kappa shape index (κ3) is 7.00. The Morgan fingerprint density at radius 3 is 2.32 bits per heavy atom. The van der Waals surface area contributed by atoms with Crippen LogP contribution < -0.4 is 20.7 Å². The average molecular weight is 400 g/mol. The second-order valence-electron chi connectivity index (χ2n) is 6.18. The number of anilines is 1. The molecule has 0 aromatic heterocycles. The highest BCUT2D eigenvalue weighted by Crippen LogP contribution is 2.13. The van der Waals surface area contributed by atoms with E-state index in [-0.39, 0.29) is 16.9 Å². The van der Waals surface area contributed by atoms with E-state index in [0.717, 1.165) is 29.8 Å². The van der Waals surface area contributed by atoms with Crippen molar-refractivity contribution < 1.29 is 14.3 Å². The van der Waals surface area contributed by atoms with Crippen LogP contribution in [0.5, 0.6) is 5.75 Å². The van der Waals surface area contributed by atoms with Crippen LogP contribution in [0.3, 0.4) is 0 Å². The number of rotatable bonds is 8. The summed E-state index contributed by atoms with van der Waals surface area (Å²) in [5.41, 5.74) is 2.11. The van der Waals surface area contributed by atoms with Crippen LogP contribution in [-0.2, 0) is 11.2 Å². The zero-order valence-corrected chi connectivity index (χ0v) is 16.9. The molecule has 0 atom stereocenters. The molecule has 0 heterocycles. The quantitative estimate of drug-likeness (QED) is 0.469. The number of carbonyl (C=O) groups is 2. The van der Waals surface area contributed by atoms with Gasteiger partial charge in [0.25, 0.3) is 5.91 Å². The minimum Gasteiger partial charge on any atom is -0.494 e. The zero-order valence-electron chi connectivity index (χ0n) is 16.1. The fourth-order valence-corrected chi connectivity index (χ4v) is 2.56. The number of ether oxygens (including phenoxy) is 1. The number of likely N-dealkylation sites (N-methyl/N-ethyl adjacent to an activating group) is 1. The van der Waals surface area contributed by atoms with Gasteiger partial charge in [-0.3, -0.25) is 14.9 Å². The molecule has 2 aromatic carbocycles. The SMILES string of the molecule is CCCCOc1ccc(C(=O)NC(=S)Nc2ccc(CC(=O)NC)cc2)cc1. The Hall–Kier alpha value is -2.93. The molecule has 0 radical (unpaired) electrons. The molecule has 0 spiro atoms. The van der Waals surface area contributed by atoms with Gasteiger partial charge in [0.15, 0.2) is 5.11 Å². The van der Waals surface area contributed by atoms with E-state index in [4.69, 9.17) is 17.0 Å². The van der Waals surface area contributed by atoms with Crippen molar-refractivity contribution >= 4 is 34.8 Å². The lowest BCUT2D eigenvalue weighted by Crippen LogP contribution is -2.34. The Bertz CT molecular complexity index is 805. The smallest absolute Gasteiger partial charge is 0.257 e. The van der Waals surface area contributed by atoms with Crippen molar-refractivity contribution in [3.05, 3.63) is 59.7 Å². The van der Waals surface area contributed by atoms with Gasteiger partial charge in [-0.2, -0.15) is 0 Å². The molecule has 0 aliphatic heterocycles. The summed E-state index contributed by atoms with van der Waals surface area (Å²) >= 11 is 5.20. The van der Waals surface area contributed by atoms with Crippen molar-refractivity contribution in [3.63, 3.8) is 0 Å². The predicted octanol–water partition coefficient (Wildman–Crippen LogP) is 3.28. The number of amides is 2. The molecule has 0 unspecified atom stereocenters. The van der Waals surface area contributed by atoms with Gasteiger partial charge < -0.3 is 15.4 Å². The van der Waals surface area contributed by atoms with Crippen LogP contribution in [0.2, 0.25) is 0 Å². The van der Waals surface area contributed by atoms with Gasteiger partial charge in [0.2, 0.25) is 5.91 Å². The number of unbranched alkanes of at least 4 members (excludes halogenated alkanes) is 1. The van der Waals surface area contributed by atoms with Crippen molar-refractivity contribution in [2.24, 2.45) is 0 Å². The summed E-state index contributed by atoms with van der Waals surface area (Å²) in [7, 11) is 1.60. The normalized spacial score (nSPS) is 10.1. The molecule has 2 rings (SSSR count). The first-order valence-corrected chi connectivity index (χ1v) is 9.57. The maximum Gasteiger partial charge on any atom is 0.257 e. The standard InChI is InChI=1S/C21H25N3O3S/c1-3-4-13-27-18-11-7-16(8-12-18)20(26)24-21(28)23-17-9-5-15(6-10-17)14-19(25)22-2/h5-12H,3-4,13-14H2,1-2H3,(H,22,25)(H2,23,24,26,28). The minimum atomic E-state index is -0.297. The summed E-state index contributed by atoms with van der Waals surface area (Å²) in [6.45, 7) is 2.77. The predicted molar refractivity (Wildman–Crippen MR) is 115 cm³/mol. The summed E-state index contributed by atoms with van der Waals surface area (Å²) < 4.78 is 5.59. The Morgan fingerprint density at radius 2 is 1.71 bits per heavy atom. The number of thiocarbonyl (C=S) groups is 1. The molecule has 2 amide bonds. The zero-order chi connectivity index (χ0) is 20.4. The number of hydrogen-bond donors (Lipinski definition) is 3. The van der Waals surface area contributed by atoms with E-state index in [1.165, 1.54) is 0 Å². The lowest BCUT2D eigenvalue weighted by atomic mass is 10.1. The fraction of sp³-hybridized carbons (Fsp3) is 0.286.